The lowest BCUT2D eigenvalue weighted by molar-refractivity contribution is -0.149. The van der Waals surface area contributed by atoms with Gasteiger partial charge in [-0.2, -0.15) is 0 Å². The molecule has 2 amide bonds. The Morgan fingerprint density at radius 1 is 0.771 bits per heavy atom. The highest BCUT2D eigenvalue weighted by molar-refractivity contribution is 6.04. The number of anilines is 1. The first-order valence-corrected chi connectivity index (χ1v) is 11.3. The summed E-state index contributed by atoms with van der Waals surface area (Å²) in [6, 6.07) is 23.5. The van der Waals surface area contributed by atoms with Gasteiger partial charge in [-0.25, -0.2) is 4.79 Å². The molecule has 0 aromatic heterocycles. The Kier molecular flexibility index (Phi) is 7.96. The standard InChI is InChI=1S/C27H26N2O6/c30-25(29-24-9-5-4-8-23(24)27(32)28-20-10-11-20)17-35-26(31)18-34-22-14-12-21(13-15-22)33-16-19-6-2-1-3-7-19/h1-9,12-15,20H,10-11,16-18H2,(H,28,32)(H,29,30). The van der Waals surface area contributed by atoms with E-state index in [1.54, 1.807) is 48.5 Å². The molecule has 1 aliphatic carbocycles. The van der Waals surface area contributed by atoms with Crippen molar-refractivity contribution in [1.29, 1.82) is 0 Å². The lowest BCUT2D eigenvalue weighted by atomic mass is 10.1. The summed E-state index contributed by atoms with van der Waals surface area (Å²) < 4.78 is 16.1. The second-order valence-electron chi connectivity index (χ2n) is 8.04. The lowest BCUT2D eigenvalue weighted by Crippen LogP contribution is -2.28. The van der Waals surface area contributed by atoms with E-state index in [9.17, 15) is 14.4 Å². The molecule has 180 valence electrons. The Morgan fingerprint density at radius 3 is 2.14 bits per heavy atom. The third-order valence-corrected chi connectivity index (χ3v) is 5.15. The van der Waals surface area contributed by atoms with Crippen molar-refractivity contribution in [3.8, 4) is 11.5 Å². The number of carbonyl (C=O) groups is 3. The first-order chi connectivity index (χ1) is 17.1. The van der Waals surface area contributed by atoms with E-state index in [-0.39, 0.29) is 18.6 Å². The van der Waals surface area contributed by atoms with Crippen LogP contribution >= 0.6 is 0 Å². The van der Waals surface area contributed by atoms with Crippen LogP contribution in [0.25, 0.3) is 0 Å². The third-order valence-electron chi connectivity index (χ3n) is 5.15. The van der Waals surface area contributed by atoms with Crippen molar-refractivity contribution in [3.05, 3.63) is 90.0 Å². The predicted molar refractivity (Wildman–Crippen MR) is 129 cm³/mol. The predicted octanol–water partition coefficient (Wildman–Crippen LogP) is 3.72. The summed E-state index contributed by atoms with van der Waals surface area (Å²) in [6.45, 7) is -0.393. The normalized spacial score (nSPS) is 12.3. The smallest absolute Gasteiger partial charge is 0.344 e. The third kappa shape index (κ3) is 7.60. The maximum absolute atomic E-state index is 12.3. The molecule has 1 saturated carbocycles. The monoisotopic (exact) mass is 474 g/mol. The minimum atomic E-state index is -0.690. The average molecular weight is 475 g/mol. The van der Waals surface area contributed by atoms with Gasteiger partial charge in [0.15, 0.2) is 13.2 Å². The Morgan fingerprint density at radius 2 is 1.43 bits per heavy atom. The highest BCUT2D eigenvalue weighted by Crippen LogP contribution is 2.22. The van der Waals surface area contributed by atoms with Crippen LogP contribution in [0.2, 0.25) is 0 Å². The van der Waals surface area contributed by atoms with Gasteiger partial charge in [-0.05, 0) is 54.8 Å². The maximum Gasteiger partial charge on any atom is 0.344 e. The van der Waals surface area contributed by atoms with E-state index in [4.69, 9.17) is 14.2 Å². The number of nitrogens with one attached hydrogen (secondary N) is 2. The first kappa shape index (κ1) is 23.8. The van der Waals surface area contributed by atoms with E-state index in [2.05, 4.69) is 10.6 Å². The zero-order chi connectivity index (χ0) is 24.5. The molecule has 0 atom stereocenters. The zero-order valence-electron chi connectivity index (χ0n) is 19.1. The summed E-state index contributed by atoms with van der Waals surface area (Å²) >= 11 is 0. The lowest BCUT2D eigenvalue weighted by Gasteiger charge is -2.12. The summed E-state index contributed by atoms with van der Waals surface area (Å²) in [5, 5.41) is 5.50. The fraction of sp³-hybridized carbons (Fsp3) is 0.222. The number of esters is 1. The van der Waals surface area contributed by atoms with Crippen molar-refractivity contribution in [1.82, 2.24) is 5.32 Å². The molecule has 0 spiro atoms. The number of amides is 2. The molecule has 0 heterocycles. The summed E-state index contributed by atoms with van der Waals surface area (Å²) in [5.41, 5.74) is 1.78. The molecule has 0 radical (unpaired) electrons. The summed E-state index contributed by atoms with van der Waals surface area (Å²) in [4.78, 5) is 36.5. The van der Waals surface area contributed by atoms with Gasteiger partial charge in [0.05, 0.1) is 11.3 Å². The molecule has 8 heteroatoms. The number of benzene rings is 3. The van der Waals surface area contributed by atoms with Crippen LogP contribution in [0.5, 0.6) is 11.5 Å². The second kappa shape index (κ2) is 11.7. The van der Waals surface area contributed by atoms with Gasteiger partial charge in [-0.3, -0.25) is 9.59 Å². The van der Waals surface area contributed by atoms with Gasteiger partial charge >= 0.3 is 5.97 Å². The molecule has 4 rings (SSSR count). The fourth-order valence-corrected chi connectivity index (χ4v) is 3.17. The molecular weight excluding hydrogens is 448 g/mol. The van der Waals surface area contributed by atoms with Crippen LogP contribution in [0.1, 0.15) is 28.8 Å². The van der Waals surface area contributed by atoms with Gasteiger partial charge < -0.3 is 24.8 Å². The minimum Gasteiger partial charge on any atom is -0.489 e. The van der Waals surface area contributed by atoms with Gasteiger partial charge in [0.2, 0.25) is 0 Å². The maximum atomic E-state index is 12.3. The van der Waals surface area contributed by atoms with Gasteiger partial charge in [0.1, 0.15) is 18.1 Å². The number of carbonyl (C=O) groups excluding carboxylic acids is 3. The van der Waals surface area contributed by atoms with E-state index < -0.39 is 18.5 Å². The van der Waals surface area contributed by atoms with Crippen molar-refractivity contribution in [2.45, 2.75) is 25.5 Å². The SMILES string of the molecule is O=C(COC(=O)COc1ccc(OCc2ccccc2)cc1)Nc1ccccc1C(=O)NC1CC1. The Balaban J connectivity index is 1.18. The van der Waals surface area contributed by atoms with Crippen molar-refractivity contribution in [2.24, 2.45) is 0 Å². The van der Waals surface area contributed by atoms with E-state index in [1.165, 1.54) is 0 Å². The van der Waals surface area contributed by atoms with E-state index in [1.807, 2.05) is 30.3 Å². The summed E-state index contributed by atoms with van der Waals surface area (Å²) in [6.07, 6.45) is 1.93. The van der Waals surface area contributed by atoms with Gasteiger partial charge in [0, 0.05) is 6.04 Å². The van der Waals surface area contributed by atoms with E-state index in [0.29, 0.717) is 29.4 Å². The van der Waals surface area contributed by atoms with Crippen molar-refractivity contribution < 1.29 is 28.6 Å². The average Bonchev–Trinajstić information content (AvgIpc) is 3.70. The molecule has 2 N–H and O–H groups in total. The van der Waals surface area contributed by atoms with Crippen LogP contribution in [0, 0.1) is 0 Å². The molecule has 0 unspecified atom stereocenters. The van der Waals surface area contributed by atoms with Crippen molar-refractivity contribution in [2.75, 3.05) is 18.5 Å². The Hall–Kier alpha value is -4.33. The van der Waals surface area contributed by atoms with Crippen molar-refractivity contribution >= 4 is 23.5 Å². The van der Waals surface area contributed by atoms with Gasteiger partial charge in [0.25, 0.3) is 11.8 Å². The number of para-hydroxylation sites is 1. The molecule has 3 aromatic rings. The fourth-order valence-electron chi connectivity index (χ4n) is 3.17. The molecule has 3 aromatic carbocycles. The molecule has 0 saturated heterocycles. The molecule has 0 aliphatic heterocycles. The quantitative estimate of drug-likeness (QED) is 0.411. The molecule has 35 heavy (non-hydrogen) atoms. The minimum absolute atomic E-state index is 0.199. The number of ether oxygens (including phenoxy) is 3. The largest absolute Gasteiger partial charge is 0.489 e. The van der Waals surface area contributed by atoms with Gasteiger partial charge in [-0.1, -0.05) is 42.5 Å². The molecule has 8 nitrogen and oxygen atoms in total. The topological polar surface area (TPSA) is 103 Å². The van der Waals surface area contributed by atoms with E-state index in [0.717, 1.165) is 18.4 Å². The van der Waals surface area contributed by atoms with Gasteiger partial charge in [-0.15, -0.1) is 0 Å². The van der Waals surface area contributed by atoms with Crippen LogP contribution in [0.4, 0.5) is 5.69 Å². The summed E-state index contributed by atoms with van der Waals surface area (Å²) in [5.74, 6) is -0.347. The highest BCUT2D eigenvalue weighted by Gasteiger charge is 2.25. The first-order valence-electron chi connectivity index (χ1n) is 11.3. The highest BCUT2D eigenvalue weighted by atomic mass is 16.6. The second-order valence-corrected chi connectivity index (χ2v) is 8.04. The molecule has 1 fully saturated rings. The van der Waals surface area contributed by atoms with Crippen LogP contribution < -0.4 is 20.1 Å². The van der Waals surface area contributed by atoms with E-state index >= 15 is 0 Å². The zero-order valence-corrected chi connectivity index (χ0v) is 19.1. The molecular formula is C27H26N2O6. The number of hydrogen-bond donors (Lipinski definition) is 2. The Bertz CT molecular complexity index is 1160. The van der Waals surface area contributed by atoms with Crippen LogP contribution in [0.15, 0.2) is 78.9 Å². The van der Waals surface area contributed by atoms with Crippen LogP contribution in [-0.2, 0) is 20.9 Å². The van der Waals surface area contributed by atoms with Crippen LogP contribution in [-0.4, -0.2) is 37.0 Å². The van der Waals surface area contributed by atoms with Crippen LogP contribution in [0.3, 0.4) is 0 Å². The Labute approximate surface area is 203 Å². The molecule has 1 aliphatic rings. The number of hydrogen-bond acceptors (Lipinski definition) is 6. The van der Waals surface area contributed by atoms with Crippen molar-refractivity contribution in [3.63, 3.8) is 0 Å². The molecule has 0 bridgehead atoms. The summed E-state index contributed by atoms with van der Waals surface area (Å²) in [7, 11) is 0. The number of rotatable bonds is 11.